The molecule has 2 aromatic heterocycles. The van der Waals surface area contributed by atoms with Gasteiger partial charge in [0.25, 0.3) is 5.91 Å². The van der Waals surface area contributed by atoms with Crippen molar-refractivity contribution in [1.29, 1.82) is 0 Å². The summed E-state index contributed by atoms with van der Waals surface area (Å²) in [5.41, 5.74) is 0.776. The third-order valence-electron chi connectivity index (χ3n) is 4.74. The van der Waals surface area contributed by atoms with Gasteiger partial charge in [-0.2, -0.15) is 0 Å². The van der Waals surface area contributed by atoms with Gasteiger partial charge in [-0.3, -0.25) is 9.59 Å². The van der Waals surface area contributed by atoms with Crippen LogP contribution < -0.4 is 0 Å². The Kier molecular flexibility index (Phi) is 5.68. The molecule has 8 nitrogen and oxygen atoms in total. The molecule has 4 rings (SSSR count). The van der Waals surface area contributed by atoms with Crippen molar-refractivity contribution in [3.8, 4) is 16.4 Å². The second-order valence-corrected chi connectivity index (χ2v) is 7.60. The molecule has 3 aromatic rings. The molecule has 0 saturated carbocycles. The fourth-order valence-corrected chi connectivity index (χ4v) is 4.05. The lowest BCUT2D eigenvalue weighted by Crippen LogP contribution is -2.46. The Morgan fingerprint density at radius 2 is 1.93 bits per heavy atom. The maximum absolute atomic E-state index is 13.2. The number of thiophene rings is 1. The van der Waals surface area contributed by atoms with E-state index in [1.54, 1.807) is 4.68 Å². The van der Waals surface area contributed by atoms with Crippen LogP contribution in [-0.4, -0.2) is 62.4 Å². The number of hydrogen-bond acceptors (Lipinski definition) is 6. The summed E-state index contributed by atoms with van der Waals surface area (Å²) in [5, 5.41) is 15.7. The number of benzene rings is 1. The first-order valence-electron chi connectivity index (χ1n) is 9.30. The van der Waals surface area contributed by atoms with E-state index in [9.17, 15) is 14.7 Å². The molecule has 3 heterocycles. The maximum atomic E-state index is 13.2. The van der Waals surface area contributed by atoms with Crippen LogP contribution in [0.15, 0.2) is 47.8 Å². The fourth-order valence-electron chi connectivity index (χ4n) is 3.35. The Morgan fingerprint density at radius 3 is 2.59 bits per heavy atom. The number of hydrogen-bond donors (Lipinski definition) is 1. The van der Waals surface area contributed by atoms with Gasteiger partial charge in [-0.25, -0.2) is 9.67 Å². The lowest BCUT2D eigenvalue weighted by molar-refractivity contribution is -0.138. The van der Waals surface area contributed by atoms with Gasteiger partial charge < -0.3 is 14.7 Å². The standard InChI is InChI=1S/C20H20N4O4S/c25-17(26)13-23(14-8-10-28-11-9-14)20(27)18-21-19(16-7-4-12-29-16)24(22-18)15-5-2-1-3-6-15/h1-7,12,14H,8-11,13H2,(H,25,26). The lowest BCUT2D eigenvalue weighted by Gasteiger charge is -2.32. The number of para-hydroxylation sites is 1. The zero-order valence-electron chi connectivity index (χ0n) is 15.6. The van der Waals surface area contributed by atoms with Crippen molar-refractivity contribution in [3.63, 3.8) is 0 Å². The molecule has 1 aromatic carbocycles. The number of aromatic nitrogens is 3. The van der Waals surface area contributed by atoms with Crippen LogP contribution in [0.1, 0.15) is 23.5 Å². The third kappa shape index (κ3) is 4.20. The Morgan fingerprint density at radius 1 is 1.17 bits per heavy atom. The van der Waals surface area contributed by atoms with E-state index in [2.05, 4.69) is 10.1 Å². The highest BCUT2D eigenvalue weighted by Gasteiger charge is 2.31. The number of ether oxygens (including phenoxy) is 1. The molecule has 1 fully saturated rings. The van der Waals surface area contributed by atoms with Gasteiger partial charge in [0.15, 0.2) is 5.82 Å². The van der Waals surface area contributed by atoms with Gasteiger partial charge in [0.2, 0.25) is 5.82 Å². The summed E-state index contributed by atoms with van der Waals surface area (Å²) in [7, 11) is 0. The number of carboxylic acids is 1. The number of rotatable bonds is 6. The number of carbonyl (C=O) groups excluding carboxylic acids is 1. The fraction of sp³-hybridized carbons (Fsp3) is 0.300. The zero-order chi connectivity index (χ0) is 20.2. The molecular formula is C20H20N4O4S. The third-order valence-corrected chi connectivity index (χ3v) is 5.60. The number of aliphatic carboxylic acids is 1. The minimum absolute atomic E-state index is 0.00926. The molecule has 0 aliphatic carbocycles. The van der Waals surface area contributed by atoms with Crippen LogP contribution in [0.5, 0.6) is 0 Å². The molecule has 9 heteroatoms. The maximum Gasteiger partial charge on any atom is 0.323 e. The summed E-state index contributed by atoms with van der Waals surface area (Å²) in [6.45, 7) is 0.610. The molecule has 150 valence electrons. The molecule has 0 radical (unpaired) electrons. The van der Waals surface area contributed by atoms with Crippen molar-refractivity contribution in [1.82, 2.24) is 19.7 Å². The smallest absolute Gasteiger partial charge is 0.323 e. The first-order chi connectivity index (χ1) is 14.1. The Labute approximate surface area is 171 Å². The molecule has 1 saturated heterocycles. The predicted molar refractivity (Wildman–Crippen MR) is 107 cm³/mol. The summed E-state index contributed by atoms with van der Waals surface area (Å²) in [4.78, 5) is 31.4. The normalized spacial score (nSPS) is 14.6. The van der Waals surface area contributed by atoms with Crippen LogP contribution in [-0.2, 0) is 9.53 Å². The zero-order valence-corrected chi connectivity index (χ0v) is 16.4. The van der Waals surface area contributed by atoms with E-state index in [1.807, 2.05) is 47.8 Å². The van der Waals surface area contributed by atoms with Crippen molar-refractivity contribution < 1.29 is 19.4 Å². The predicted octanol–water partition coefficient (Wildman–Crippen LogP) is 2.70. The van der Waals surface area contributed by atoms with Crippen LogP contribution in [0.4, 0.5) is 0 Å². The van der Waals surface area contributed by atoms with Gasteiger partial charge in [-0.1, -0.05) is 24.3 Å². The SMILES string of the molecule is O=C(O)CN(C(=O)c1nc(-c2cccs2)n(-c2ccccc2)n1)C1CCOCC1. The van der Waals surface area contributed by atoms with Crippen molar-refractivity contribution in [2.75, 3.05) is 19.8 Å². The molecule has 1 amide bonds. The summed E-state index contributed by atoms with van der Waals surface area (Å²) in [6.07, 6.45) is 1.19. The van der Waals surface area contributed by atoms with Crippen LogP contribution in [0.3, 0.4) is 0 Å². The highest BCUT2D eigenvalue weighted by molar-refractivity contribution is 7.13. The monoisotopic (exact) mass is 412 g/mol. The van der Waals surface area contributed by atoms with Gasteiger partial charge >= 0.3 is 5.97 Å². The molecular weight excluding hydrogens is 392 g/mol. The van der Waals surface area contributed by atoms with Crippen molar-refractivity contribution >= 4 is 23.2 Å². The number of carboxylic acid groups (broad SMARTS) is 1. The summed E-state index contributed by atoms with van der Waals surface area (Å²) in [6, 6.07) is 13.0. The van der Waals surface area contributed by atoms with E-state index in [0.717, 1.165) is 10.6 Å². The van der Waals surface area contributed by atoms with E-state index in [1.165, 1.54) is 16.2 Å². The highest BCUT2D eigenvalue weighted by atomic mass is 32.1. The van der Waals surface area contributed by atoms with Crippen molar-refractivity contribution in [3.05, 3.63) is 53.7 Å². The van der Waals surface area contributed by atoms with E-state index in [4.69, 9.17) is 4.74 Å². The van der Waals surface area contributed by atoms with Crippen LogP contribution >= 0.6 is 11.3 Å². The topological polar surface area (TPSA) is 97.6 Å². The Balaban J connectivity index is 1.73. The molecule has 29 heavy (non-hydrogen) atoms. The van der Waals surface area contributed by atoms with E-state index in [-0.39, 0.29) is 11.9 Å². The van der Waals surface area contributed by atoms with Crippen molar-refractivity contribution in [2.45, 2.75) is 18.9 Å². The summed E-state index contributed by atoms with van der Waals surface area (Å²) < 4.78 is 6.98. The number of amides is 1. The summed E-state index contributed by atoms with van der Waals surface area (Å²) >= 11 is 1.50. The first kappa shape index (κ1) is 19.3. The average molecular weight is 412 g/mol. The molecule has 0 atom stereocenters. The molecule has 0 unspecified atom stereocenters. The second-order valence-electron chi connectivity index (χ2n) is 6.65. The van der Waals surface area contributed by atoms with Gasteiger partial charge in [0.1, 0.15) is 6.54 Å². The number of carbonyl (C=O) groups is 2. The Hall–Kier alpha value is -3.04. The van der Waals surface area contributed by atoms with E-state index >= 15 is 0 Å². The van der Waals surface area contributed by atoms with E-state index in [0.29, 0.717) is 31.9 Å². The van der Waals surface area contributed by atoms with Crippen LogP contribution in [0, 0.1) is 0 Å². The minimum atomic E-state index is -1.06. The van der Waals surface area contributed by atoms with Gasteiger partial charge in [0, 0.05) is 19.3 Å². The summed E-state index contributed by atoms with van der Waals surface area (Å²) in [5.74, 6) is -1.00. The van der Waals surface area contributed by atoms with Gasteiger partial charge in [-0.15, -0.1) is 16.4 Å². The molecule has 0 bridgehead atoms. The quantitative estimate of drug-likeness (QED) is 0.669. The molecule has 1 aliphatic rings. The molecule has 1 aliphatic heterocycles. The largest absolute Gasteiger partial charge is 0.480 e. The molecule has 1 N–H and O–H groups in total. The second kappa shape index (κ2) is 8.54. The Bertz CT molecular complexity index is 981. The van der Waals surface area contributed by atoms with Crippen molar-refractivity contribution in [2.24, 2.45) is 0 Å². The van der Waals surface area contributed by atoms with E-state index < -0.39 is 18.4 Å². The minimum Gasteiger partial charge on any atom is -0.480 e. The lowest BCUT2D eigenvalue weighted by atomic mass is 10.1. The average Bonchev–Trinajstić information content (AvgIpc) is 3.42. The highest BCUT2D eigenvalue weighted by Crippen LogP contribution is 2.26. The number of nitrogens with zero attached hydrogens (tertiary/aromatic N) is 4. The molecule has 0 spiro atoms. The van der Waals surface area contributed by atoms with Crippen LogP contribution in [0.25, 0.3) is 16.4 Å². The van der Waals surface area contributed by atoms with Gasteiger partial charge in [0.05, 0.1) is 10.6 Å². The van der Waals surface area contributed by atoms with Crippen LogP contribution in [0.2, 0.25) is 0 Å². The first-order valence-corrected chi connectivity index (χ1v) is 10.2. The van der Waals surface area contributed by atoms with Gasteiger partial charge in [-0.05, 0) is 36.4 Å².